The van der Waals surface area contributed by atoms with Crippen molar-refractivity contribution in [2.24, 2.45) is 12.8 Å². The van der Waals surface area contributed by atoms with Crippen LogP contribution in [0, 0.1) is 0 Å². The molecule has 0 unspecified atom stereocenters. The first-order valence-electron chi connectivity index (χ1n) is 4.70. The maximum absolute atomic E-state index is 6.11. The molecule has 3 nitrogen and oxygen atoms in total. The summed E-state index contributed by atoms with van der Waals surface area (Å²) in [4.78, 5) is 0. The predicted molar refractivity (Wildman–Crippen MR) is 61.5 cm³/mol. The number of aromatic nitrogens is 2. The molecule has 78 valence electrons. The van der Waals surface area contributed by atoms with Crippen molar-refractivity contribution in [1.29, 1.82) is 0 Å². The molecule has 0 saturated heterocycles. The third-order valence-electron chi connectivity index (χ3n) is 2.25. The van der Waals surface area contributed by atoms with Gasteiger partial charge in [-0.15, -0.1) is 0 Å². The van der Waals surface area contributed by atoms with Gasteiger partial charge in [-0.2, -0.15) is 5.10 Å². The summed E-state index contributed by atoms with van der Waals surface area (Å²) in [5.74, 6) is 0. The minimum absolute atomic E-state index is 0.467. The van der Waals surface area contributed by atoms with E-state index in [-0.39, 0.29) is 0 Å². The number of hydrogen-bond acceptors (Lipinski definition) is 2. The Kier molecular flexibility index (Phi) is 2.75. The maximum atomic E-state index is 6.11. The summed E-state index contributed by atoms with van der Waals surface area (Å²) in [5, 5.41) is 5.06. The lowest BCUT2D eigenvalue weighted by Gasteiger charge is -2.01. The molecule has 0 aliphatic heterocycles. The Morgan fingerprint density at radius 2 is 2.13 bits per heavy atom. The number of aryl methyl sites for hydroxylation is 1. The zero-order valence-corrected chi connectivity index (χ0v) is 9.20. The van der Waals surface area contributed by atoms with Crippen LogP contribution in [0.3, 0.4) is 0 Å². The maximum Gasteiger partial charge on any atom is 0.0982 e. The van der Waals surface area contributed by atoms with Crippen LogP contribution in [0.25, 0.3) is 11.3 Å². The van der Waals surface area contributed by atoms with Crippen LogP contribution in [0.2, 0.25) is 5.02 Å². The van der Waals surface area contributed by atoms with Gasteiger partial charge in [0.15, 0.2) is 0 Å². The Morgan fingerprint density at radius 1 is 1.40 bits per heavy atom. The lowest BCUT2D eigenvalue weighted by Crippen LogP contribution is -1.96. The van der Waals surface area contributed by atoms with E-state index in [1.165, 1.54) is 0 Å². The molecule has 0 aliphatic carbocycles. The second-order valence-corrected chi connectivity index (χ2v) is 3.77. The van der Waals surface area contributed by atoms with Crippen LogP contribution in [0.4, 0.5) is 0 Å². The normalized spacial score (nSPS) is 10.6. The van der Waals surface area contributed by atoms with Crippen molar-refractivity contribution >= 4 is 11.6 Å². The van der Waals surface area contributed by atoms with E-state index in [0.717, 1.165) is 16.8 Å². The highest BCUT2D eigenvalue weighted by Gasteiger charge is 2.11. The molecule has 0 aliphatic rings. The van der Waals surface area contributed by atoms with Crippen molar-refractivity contribution < 1.29 is 0 Å². The van der Waals surface area contributed by atoms with Gasteiger partial charge < -0.3 is 5.73 Å². The van der Waals surface area contributed by atoms with Gasteiger partial charge in [0, 0.05) is 30.9 Å². The molecule has 1 aromatic carbocycles. The minimum Gasteiger partial charge on any atom is -0.326 e. The number of halogens is 1. The lowest BCUT2D eigenvalue weighted by atomic mass is 10.1. The van der Waals surface area contributed by atoms with Gasteiger partial charge in [0.2, 0.25) is 0 Å². The van der Waals surface area contributed by atoms with Crippen LogP contribution in [0.1, 0.15) is 5.56 Å². The van der Waals surface area contributed by atoms with E-state index < -0.39 is 0 Å². The summed E-state index contributed by atoms with van der Waals surface area (Å²) < 4.78 is 1.75. The molecule has 0 amide bonds. The Labute approximate surface area is 93.5 Å². The molecule has 2 N–H and O–H groups in total. The van der Waals surface area contributed by atoms with Crippen molar-refractivity contribution in [3.05, 3.63) is 41.0 Å². The van der Waals surface area contributed by atoms with Crippen LogP contribution in [-0.2, 0) is 13.6 Å². The summed E-state index contributed by atoms with van der Waals surface area (Å²) in [7, 11) is 1.87. The largest absolute Gasteiger partial charge is 0.326 e. The lowest BCUT2D eigenvalue weighted by molar-refractivity contribution is 0.769. The van der Waals surface area contributed by atoms with E-state index in [0.29, 0.717) is 11.6 Å². The molecule has 0 saturated carbocycles. The van der Waals surface area contributed by atoms with Gasteiger partial charge in [0.25, 0.3) is 0 Å². The quantitative estimate of drug-likeness (QED) is 0.845. The van der Waals surface area contributed by atoms with Gasteiger partial charge in [-0.05, 0) is 6.07 Å². The highest BCUT2D eigenvalue weighted by atomic mass is 35.5. The van der Waals surface area contributed by atoms with Crippen LogP contribution < -0.4 is 5.73 Å². The molecule has 4 heteroatoms. The van der Waals surface area contributed by atoms with Gasteiger partial charge in [0.1, 0.15) is 0 Å². The molecule has 0 spiro atoms. The molecule has 15 heavy (non-hydrogen) atoms. The summed E-state index contributed by atoms with van der Waals surface area (Å²) in [5.41, 5.74) is 8.46. The molecule has 1 heterocycles. The zero-order valence-electron chi connectivity index (χ0n) is 8.44. The third-order valence-corrected chi connectivity index (χ3v) is 2.58. The molecule has 0 atom stereocenters. The van der Waals surface area contributed by atoms with Crippen molar-refractivity contribution in [1.82, 2.24) is 9.78 Å². The summed E-state index contributed by atoms with van der Waals surface area (Å²) in [6, 6.07) is 7.64. The highest BCUT2D eigenvalue weighted by molar-refractivity contribution is 6.33. The van der Waals surface area contributed by atoms with Crippen LogP contribution in [0.5, 0.6) is 0 Å². The zero-order chi connectivity index (χ0) is 10.8. The Morgan fingerprint density at radius 3 is 2.80 bits per heavy atom. The monoisotopic (exact) mass is 221 g/mol. The number of benzene rings is 1. The van der Waals surface area contributed by atoms with Gasteiger partial charge in [-0.1, -0.05) is 29.8 Å². The minimum atomic E-state index is 0.467. The molecular formula is C11H12ClN3. The second kappa shape index (κ2) is 4.04. The highest BCUT2D eigenvalue weighted by Crippen LogP contribution is 2.28. The first kappa shape index (κ1) is 10.2. The number of hydrogen-bond donors (Lipinski definition) is 1. The smallest absolute Gasteiger partial charge is 0.0982 e. The van der Waals surface area contributed by atoms with E-state index in [4.69, 9.17) is 17.3 Å². The first-order valence-corrected chi connectivity index (χ1v) is 5.07. The number of rotatable bonds is 2. The van der Waals surface area contributed by atoms with E-state index >= 15 is 0 Å². The molecule has 2 rings (SSSR count). The Balaban J connectivity index is 2.58. The fraction of sp³-hybridized carbons (Fsp3) is 0.182. The summed E-state index contributed by atoms with van der Waals surface area (Å²) in [6.45, 7) is 0.467. The van der Waals surface area contributed by atoms with Crippen LogP contribution >= 0.6 is 11.6 Å². The molecular weight excluding hydrogens is 210 g/mol. The third kappa shape index (κ3) is 1.89. The molecule has 0 bridgehead atoms. The fourth-order valence-electron chi connectivity index (χ4n) is 1.57. The van der Waals surface area contributed by atoms with E-state index in [2.05, 4.69) is 5.10 Å². The molecule has 0 fully saturated rings. The van der Waals surface area contributed by atoms with Gasteiger partial charge >= 0.3 is 0 Å². The molecule has 0 radical (unpaired) electrons. The van der Waals surface area contributed by atoms with Crippen molar-refractivity contribution in [3.8, 4) is 11.3 Å². The second-order valence-electron chi connectivity index (χ2n) is 3.36. The predicted octanol–water partition coefficient (Wildman–Crippen LogP) is 2.20. The van der Waals surface area contributed by atoms with Gasteiger partial charge in [0.05, 0.1) is 10.7 Å². The van der Waals surface area contributed by atoms with E-state index in [9.17, 15) is 0 Å². The molecule has 1 aromatic heterocycles. The number of nitrogens with two attached hydrogens (primary N) is 1. The SMILES string of the molecule is Cn1cc(CN)c(-c2ccccc2Cl)n1. The van der Waals surface area contributed by atoms with E-state index in [1.54, 1.807) is 4.68 Å². The summed E-state index contributed by atoms with van der Waals surface area (Å²) >= 11 is 6.11. The molecule has 2 aromatic rings. The van der Waals surface area contributed by atoms with Crippen molar-refractivity contribution in [2.75, 3.05) is 0 Å². The van der Waals surface area contributed by atoms with Crippen molar-refractivity contribution in [3.63, 3.8) is 0 Å². The van der Waals surface area contributed by atoms with Crippen LogP contribution in [-0.4, -0.2) is 9.78 Å². The Hall–Kier alpha value is -1.32. The standard InChI is InChI=1S/C11H12ClN3/c1-15-7-8(6-13)11(14-15)9-4-2-3-5-10(9)12/h2-5,7H,6,13H2,1H3. The topological polar surface area (TPSA) is 43.8 Å². The van der Waals surface area contributed by atoms with Gasteiger partial charge in [-0.25, -0.2) is 0 Å². The van der Waals surface area contributed by atoms with E-state index in [1.807, 2.05) is 37.5 Å². The summed E-state index contributed by atoms with van der Waals surface area (Å²) in [6.07, 6.45) is 1.92. The van der Waals surface area contributed by atoms with Crippen molar-refractivity contribution in [2.45, 2.75) is 6.54 Å². The van der Waals surface area contributed by atoms with Crippen LogP contribution in [0.15, 0.2) is 30.5 Å². The average molecular weight is 222 g/mol. The fourth-order valence-corrected chi connectivity index (χ4v) is 1.79. The first-order chi connectivity index (χ1) is 7.22. The number of nitrogens with zero attached hydrogens (tertiary/aromatic N) is 2. The Bertz CT molecular complexity index is 476. The van der Waals surface area contributed by atoms with Gasteiger partial charge in [-0.3, -0.25) is 4.68 Å². The average Bonchev–Trinajstić information content (AvgIpc) is 2.60.